The van der Waals surface area contributed by atoms with Gasteiger partial charge < -0.3 is 14.9 Å². The molecule has 0 aromatic heterocycles. The molecule has 0 saturated carbocycles. The van der Waals surface area contributed by atoms with Crippen LogP contribution < -0.4 is 0 Å². The van der Waals surface area contributed by atoms with Gasteiger partial charge in [-0.3, -0.25) is 0 Å². The largest absolute Gasteiger partial charge is 0.428 e. The predicted molar refractivity (Wildman–Crippen MR) is 50.3 cm³/mol. The van der Waals surface area contributed by atoms with E-state index in [-0.39, 0.29) is 5.57 Å². The van der Waals surface area contributed by atoms with E-state index in [2.05, 4.69) is 4.74 Å². The lowest BCUT2D eigenvalue weighted by atomic mass is 9.83. The first-order valence-electron chi connectivity index (χ1n) is 4.53. The molecule has 80 valence electrons. The highest BCUT2D eigenvalue weighted by Crippen LogP contribution is 2.32. The van der Waals surface area contributed by atoms with Crippen LogP contribution in [0.2, 0.25) is 0 Å². The van der Waals surface area contributed by atoms with Gasteiger partial charge in [0.15, 0.2) is 0 Å². The molecule has 4 heteroatoms. The van der Waals surface area contributed by atoms with Crippen molar-refractivity contribution in [3.8, 4) is 0 Å². The average Bonchev–Trinajstić information content (AvgIpc) is 2.24. The molecule has 1 aliphatic rings. The molecule has 0 bridgehead atoms. The molecule has 0 aromatic carbocycles. The maximum absolute atomic E-state index is 11.3. The Kier molecular flexibility index (Phi) is 2.69. The Bertz CT molecular complexity index is 285. The second-order valence-electron chi connectivity index (χ2n) is 4.62. The number of hydrogen-bond acceptors (Lipinski definition) is 4. The fourth-order valence-corrected chi connectivity index (χ4v) is 1.31. The Morgan fingerprint density at radius 1 is 1.43 bits per heavy atom. The van der Waals surface area contributed by atoms with Gasteiger partial charge in [-0.05, 0) is 12.3 Å². The number of esters is 1. The SMILES string of the molecule is CC1=C([C@H](O)C(C)(C)C)C(=O)OC1O. The van der Waals surface area contributed by atoms with Crippen LogP contribution in [0.5, 0.6) is 0 Å². The second kappa shape index (κ2) is 3.37. The van der Waals surface area contributed by atoms with Crippen LogP contribution >= 0.6 is 0 Å². The Morgan fingerprint density at radius 3 is 2.21 bits per heavy atom. The molecule has 14 heavy (non-hydrogen) atoms. The van der Waals surface area contributed by atoms with Crippen LogP contribution in [0.25, 0.3) is 0 Å². The number of rotatable bonds is 1. The van der Waals surface area contributed by atoms with Gasteiger partial charge in [0.1, 0.15) is 0 Å². The topological polar surface area (TPSA) is 66.8 Å². The summed E-state index contributed by atoms with van der Waals surface area (Å²) in [6.45, 7) is 7.03. The summed E-state index contributed by atoms with van der Waals surface area (Å²) < 4.78 is 4.58. The van der Waals surface area contributed by atoms with E-state index >= 15 is 0 Å². The first-order valence-corrected chi connectivity index (χ1v) is 4.53. The van der Waals surface area contributed by atoms with Crippen LogP contribution in [0.15, 0.2) is 11.1 Å². The molecule has 0 spiro atoms. The molecular weight excluding hydrogens is 184 g/mol. The average molecular weight is 200 g/mol. The van der Waals surface area contributed by atoms with Crippen molar-refractivity contribution >= 4 is 5.97 Å². The van der Waals surface area contributed by atoms with Gasteiger partial charge in [-0.25, -0.2) is 4.79 Å². The summed E-state index contributed by atoms with van der Waals surface area (Å²) in [7, 11) is 0. The molecule has 0 aliphatic carbocycles. The van der Waals surface area contributed by atoms with Gasteiger partial charge in [0, 0.05) is 5.57 Å². The predicted octanol–water partition coefficient (Wildman–Crippen LogP) is 0.585. The maximum atomic E-state index is 11.3. The fourth-order valence-electron chi connectivity index (χ4n) is 1.31. The van der Waals surface area contributed by atoms with Crippen molar-refractivity contribution in [1.82, 2.24) is 0 Å². The molecule has 2 N–H and O–H groups in total. The maximum Gasteiger partial charge on any atom is 0.339 e. The smallest absolute Gasteiger partial charge is 0.339 e. The van der Waals surface area contributed by atoms with Crippen molar-refractivity contribution in [2.45, 2.75) is 40.1 Å². The van der Waals surface area contributed by atoms with E-state index in [0.717, 1.165) is 0 Å². The van der Waals surface area contributed by atoms with Gasteiger partial charge in [0.05, 0.1) is 11.7 Å². The first kappa shape index (κ1) is 11.2. The van der Waals surface area contributed by atoms with E-state index in [0.29, 0.717) is 5.57 Å². The second-order valence-corrected chi connectivity index (χ2v) is 4.62. The first-order chi connectivity index (χ1) is 6.25. The molecule has 2 atom stereocenters. The standard InChI is InChI=1S/C10H16O4/c1-5-6(7(11)10(2,3)4)9(13)14-8(5)12/h7-8,11-12H,1-4H3/t7-,8?/m0/s1. The number of ether oxygens (including phenoxy) is 1. The quantitative estimate of drug-likeness (QED) is 0.608. The summed E-state index contributed by atoms with van der Waals surface area (Å²) in [5, 5.41) is 19.1. The minimum absolute atomic E-state index is 0.185. The third-order valence-corrected chi connectivity index (χ3v) is 2.33. The lowest BCUT2D eigenvalue weighted by molar-refractivity contribution is -0.153. The molecule has 0 radical (unpaired) electrons. The van der Waals surface area contributed by atoms with Crippen LogP contribution in [0.4, 0.5) is 0 Å². The zero-order valence-electron chi connectivity index (χ0n) is 8.87. The van der Waals surface area contributed by atoms with Gasteiger partial charge in [-0.2, -0.15) is 0 Å². The normalized spacial score (nSPS) is 25.3. The molecule has 1 rings (SSSR count). The minimum Gasteiger partial charge on any atom is -0.428 e. The number of aliphatic hydroxyl groups is 2. The summed E-state index contributed by atoms with van der Waals surface area (Å²) in [6.07, 6.45) is -2.11. The number of hydrogen-bond donors (Lipinski definition) is 2. The molecule has 0 aromatic rings. The van der Waals surface area contributed by atoms with Crippen molar-refractivity contribution in [3.05, 3.63) is 11.1 Å². The van der Waals surface area contributed by atoms with Crippen LogP contribution in [-0.4, -0.2) is 28.6 Å². The molecule has 1 aliphatic heterocycles. The molecule has 4 nitrogen and oxygen atoms in total. The van der Waals surface area contributed by atoms with E-state index in [9.17, 15) is 15.0 Å². The number of carbonyl (C=O) groups is 1. The Hall–Kier alpha value is -0.870. The lowest BCUT2D eigenvalue weighted by Gasteiger charge is -2.25. The highest BCUT2D eigenvalue weighted by molar-refractivity contribution is 5.93. The van der Waals surface area contributed by atoms with Crippen LogP contribution in [0, 0.1) is 5.41 Å². The monoisotopic (exact) mass is 200 g/mol. The van der Waals surface area contributed by atoms with E-state index in [1.807, 2.05) is 20.8 Å². The Morgan fingerprint density at radius 2 is 1.93 bits per heavy atom. The molecular formula is C10H16O4. The van der Waals surface area contributed by atoms with E-state index in [1.165, 1.54) is 0 Å². The zero-order chi connectivity index (χ0) is 11.1. The summed E-state index contributed by atoms with van der Waals surface area (Å²) in [6, 6.07) is 0. The molecule has 0 amide bonds. The van der Waals surface area contributed by atoms with Crippen LogP contribution in [-0.2, 0) is 9.53 Å². The Labute approximate surface area is 83.2 Å². The molecule has 1 unspecified atom stereocenters. The zero-order valence-corrected chi connectivity index (χ0v) is 8.87. The van der Waals surface area contributed by atoms with E-state index < -0.39 is 23.8 Å². The third-order valence-electron chi connectivity index (χ3n) is 2.33. The van der Waals surface area contributed by atoms with Gasteiger partial charge >= 0.3 is 5.97 Å². The molecule has 1 heterocycles. The summed E-state index contributed by atoms with van der Waals surface area (Å²) in [5.74, 6) is -0.627. The number of carbonyl (C=O) groups excluding carboxylic acids is 1. The van der Waals surface area contributed by atoms with Crippen molar-refractivity contribution in [1.29, 1.82) is 0 Å². The summed E-state index contributed by atoms with van der Waals surface area (Å²) in [5.41, 5.74) is 0.141. The molecule has 0 saturated heterocycles. The van der Waals surface area contributed by atoms with Gasteiger partial charge in [0.2, 0.25) is 6.29 Å². The van der Waals surface area contributed by atoms with E-state index in [4.69, 9.17) is 0 Å². The van der Waals surface area contributed by atoms with Crippen LogP contribution in [0.3, 0.4) is 0 Å². The molecule has 0 fully saturated rings. The van der Waals surface area contributed by atoms with Crippen LogP contribution in [0.1, 0.15) is 27.7 Å². The summed E-state index contributed by atoms with van der Waals surface area (Å²) in [4.78, 5) is 11.3. The highest BCUT2D eigenvalue weighted by Gasteiger charge is 2.38. The fraction of sp³-hybridized carbons (Fsp3) is 0.700. The summed E-state index contributed by atoms with van der Waals surface area (Å²) >= 11 is 0. The number of aliphatic hydroxyl groups excluding tert-OH is 2. The van der Waals surface area contributed by atoms with Crippen molar-refractivity contribution < 1.29 is 19.7 Å². The lowest BCUT2D eigenvalue weighted by Crippen LogP contribution is -2.30. The minimum atomic E-state index is -1.20. The van der Waals surface area contributed by atoms with Gasteiger partial charge in [-0.15, -0.1) is 0 Å². The number of cyclic esters (lactones) is 1. The van der Waals surface area contributed by atoms with Gasteiger partial charge in [0.25, 0.3) is 0 Å². The van der Waals surface area contributed by atoms with Crippen molar-refractivity contribution in [2.24, 2.45) is 5.41 Å². The highest BCUT2D eigenvalue weighted by atomic mass is 16.6. The van der Waals surface area contributed by atoms with Gasteiger partial charge in [-0.1, -0.05) is 20.8 Å². The van der Waals surface area contributed by atoms with Crippen molar-refractivity contribution in [3.63, 3.8) is 0 Å². The Balaban J connectivity index is 3.03. The third kappa shape index (κ3) is 1.81. The van der Waals surface area contributed by atoms with Crippen molar-refractivity contribution in [2.75, 3.05) is 0 Å². The van der Waals surface area contributed by atoms with E-state index in [1.54, 1.807) is 6.92 Å².